The average molecular weight is 432 g/mol. The van der Waals surface area contributed by atoms with Crippen LogP contribution in [0.3, 0.4) is 0 Å². The number of non-ortho nitro benzene ring substituents is 1. The molecule has 164 valence electrons. The van der Waals surface area contributed by atoms with Gasteiger partial charge in [0, 0.05) is 23.3 Å². The third kappa shape index (κ3) is 6.18. The van der Waals surface area contributed by atoms with Crippen LogP contribution in [0.4, 0.5) is 5.69 Å². The van der Waals surface area contributed by atoms with Gasteiger partial charge in [0.05, 0.1) is 18.2 Å². The monoisotopic (exact) mass is 432 g/mol. The van der Waals surface area contributed by atoms with Crippen LogP contribution in [0.25, 0.3) is 0 Å². The summed E-state index contributed by atoms with van der Waals surface area (Å²) in [5.41, 5.74) is 3.41. The van der Waals surface area contributed by atoms with E-state index in [1.54, 1.807) is 31.5 Å². The van der Waals surface area contributed by atoms with E-state index in [9.17, 15) is 10.1 Å². The van der Waals surface area contributed by atoms with Crippen molar-refractivity contribution in [2.75, 3.05) is 7.11 Å². The average Bonchev–Trinajstić information content (AvgIpc) is 2.82. The Hall–Kier alpha value is -4.13. The molecule has 0 saturated carbocycles. The van der Waals surface area contributed by atoms with Crippen molar-refractivity contribution in [3.63, 3.8) is 0 Å². The second-order valence-corrected chi connectivity index (χ2v) is 6.91. The lowest BCUT2D eigenvalue weighted by molar-refractivity contribution is -0.384. The summed E-state index contributed by atoms with van der Waals surface area (Å²) in [6.45, 7) is 4.36. The van der Waals surface area contributed by atoms with Crippen molar-refractivity contribution in [1.82, 2.24) is 0 Å². The van der Waals surface area contributed by atoms with Gasteiger partial charge in [-0.25, -0.2) is 0 Å². The van der Waals surface area contributed by atoms with Crippen LogP contribution in [0, 0.1) is 10.1 Å². The summed E-state index contributed by atoms with van der Waals surface area (Å²) in [5, 5.41) is 14.9. The lowest BCUT2D eigenvalue weighted by atomic mass is 10.1. The van der Waals surface area contributed by atoms with Gasteiger partial charge >= 0.3 is 0 Å². The number of methoxy groups -OCH3 is 1. The molecular weight excluding hydrogens is 408 g/mol. The maximum Gasteiger partial charge on any atom is 0.269 e. The molecule has 0 spiro atoms. The zero-order valence-corrected chi connectivity index (χ0v) is 17.8. The Morgan fingerprint density at radius 2 is 1.81 bits per heavy atom. The molecule has 0 unspecified atom stereocenters. The van der Waals surface area contributed by atoms with Gasteiger partial charge < -0.3 is 14.3 Å². The van der Waals surface area contributed by atoms with Crippen molar-refractivity contribution < 1.29 is 19.2 Å². The third-order valence-electron chi connectivity index (χ3n) is 4.59. The predicted octanol–water partition coefficient (Wildman–Crippen LogP) is 5.46. The van der Waals surface area contributed by atoms with Gasteiger partial charge in [-0.1, -0.05) is 53.7 Å². The van der Waals surface area contributed by atoms with Crippen molar-refractivity contribution in [3.05, 3.63) is 112 Å². The second kappa shape index (κ2) is 11.3. The predicted molar refractivity (Wildman–Crippen MR) is 123 cm³/mol. The van der Waals surface area contributed by atoms with Gasteiger partial charge in [0.2, 0.25) is 0 Å². The fraction of sp³-hybridized carbons (Fsp3) is 0.160. The van der Waals surface area contributed by atoms with Crippen molar-refractivity contribution in [3.8, 4) is 11.5 Å². The standard InChI is InChI=1S/C25H24N2O5/c1-3-8-22-13-21(16-26-32-18-20-11-7-12-23(14-20)27(28)29)15-24(30-2)25(22)31-17-19-9-5-4-6-10-19/h3-7,9-16H,1,8,17-18H2,2H3/b26-16-. The maximum atomic E-state index is 10.9. The van der Waals surface area contributed by atoms with E-state index in [1.165, 1.54) is 12.1 Å². The summed E-state index contributed by atoms with van der Waals surface area (Å²) >= 11 is 0. The molecule has 0 saturated heterocycles. The van der Waals surface area contributed by atoms with Crippen molar-refractivity contribution >= 4 is 11.9 Å². The summed E-state index contributed by atoms with van der Waals surface area (Å²) in [4.78, 5) is 15.8. The highest BCUT2D eigenvalue weighted by Crippen LogP contribution is 2.34. The van der Waals surface area contributed by atoms with Crippen LogP contribution >= 0.6 is 0 Å². The quantitative estimate of drug-likeness (QED) is 0.174. The number of oxime groups is 1. The Balaban J connectivity index is 1.72. The van der Waals surface area contributed by atoms with Crippen LogP contribution in [-0.2, 0) is 24.5 Å². The van der Waals surface area contributed by atoms with E-state index in [0.717, 1.165) is 16.7 Å². The molecule has 0 aliphatic carbocycles. The molecule has 0 atom stereocenters. The van der Waals surface area contributed by atoms with E-state index >= 15 is 0 Å². The zero-order chi connectivity index (χ0) is 22.8. The highest BCUT2D eigenvalue weighted by Gasteiger charge is 2.13. The lowest BCUT2D eigenvalue weighted by Crippen LogP contribution is -2.02. The summed E-state index contributed by atoms with van der Waals surface area (Å²) in [5.74, 6) is 1.24. The number of hydrogen-bond acceptors (Lipinski definition) is 6. The number of nitrogens with zero attached hydrogens (tertiary/aromatic N) is 2. The number of benzene rings is 3. The van der Waals surface area contributed by atoms with Gasteiger partial charge in [-0.2, -0.15) is 0 Å². The fourth-order valence-corrected chi connectivity index (χ4v) is 3.08. The Bertz CT molecular complexity index is 1100. The van der Waals surface area contributed by atoms with Gasteiger partial charge in [-0.3, -0.25) is 10.1 Å². The summed E-state index contributed by atoms with van der Waals surface area (Å²) in [7, 11) is 1.59. The summed E-state index contributed by atoms with van der Waals surface area (Å²) in [6.07, 6.45) is 3.95. The Kier molecular flexibility index (Phi) is 7.97. The Morgan fingerprint density at radius 3 is 2.53 bits per heavy atom. The minimum Gasteiger partial charge on any atom is -0.493 e. The molecular formula is C25H24N2O5. The molecule has 3 aromatic carbocycles. The molecule has 0 aromatic heterocycles. The Morgan fingerprint density at radius 1 is 1.03 bits per heavy atom. The molecule has 0 fully saturated rings. The van der Waals surface area contributed by atoms with Gasteiger partial charge in [-0.05, 0) is 29.7 Å². The number of hydrogen-bond donors (Lipinski definition) is 0. The third-order valence-corrected chi connectivity index (χ3v) is 4.59. The first-order valence-corrected chi connectivity index (χ1v) is 9.98. The van der Waals surface area contributed by atoms with E-state index in [0.29, 0.717) is 30.1 Å². The van der Waals surface area contributed by atoms with E-state index < -0.39 is 4.92 Å². The molecule has 0 radical (unpaired) electrons. The molecule has 0 heterocycles. The van der Waals surface area contributed by atoms with Crippen LogP contribution in [0.2, 0.25) is 0 Å². The zero-order valence-electron chi connectivity index (χ0n) is 17.8. The number of ether oxygens (including phenoxy) is 2. The molecule has 0 N–H and O–H groups in total. The maximum absolute atomic E-state index is 10.9. The van der Waals surface area contributed by atoms with Crippen LogP contribution in [0.5, 0.6) is 11.5 Å². The minimum atomic E-state index is -0.443. The molecule has 32 heavy (non-hydrogen) atoms. The van der Waals surface area contributed by atoms with E-state index in [4.69, 9.17) is 14.3 Å². The second-order valence-electron chi connectivity index (χ2n) is 6.91. The van der Waals surface area contributed by atoms with Gasteiger partial charge in [0.15, 0.2) is 11.5 Å². The highest BCUT2D eigenvalue weighted by molar-refractivity contribution is 5.81. The minimum absolute atomic E-state index is 0.0139. The summed E-state index contributed by atoms with van der Waals surface area (Å²) < 4.78 is 11.6. The Labute approximate surface area is 186 Å². The van der Waals surface area contributed by atoms with E-state index in [1.807, 2.05) is 42.5 Å². The fourth-order valence-electron chi connectivity index (χ4n) is 3.08. The smallest absolute Gasteiger partial charge is 0.269 e. The van der Waals surface area contributed by atoms with Crippen molar-refractivity contribution in [2.24, 2.45) is 5.16 Å². The molecule has 0 aliphatic heterocycles. The first-order chi connectivity index (χ1) is 15.6. The lowest BCUT2D eigenvalue weighted by Gasteiger charge is -2.15. The molecule has 7 nitrogen and oxygen atoms in total. The van der Waals surface area contributed by atoms with Crippen molar-refractivity contribution in [1.29, 1.82) is 0 Å². The number of nitro benzene ring substituents is 1. The molecule has 3 rings (SSSR count). The number of nitro groups is 1. The highest BCUT2D eigenvalue weighted by atomic mass is 16.6. The molecule has 0 aliphatic rings. The van der Waals surface area contributed by atoms with E-state index in [2.05, 4.69) is 11.7 Å². The number of rotatable bonds is 11. The van der Waals surface area contributed by atoms with Gasteiger partial charge in [0.1, 0.15) is 13.2 Å². The topological polar surface area (TPSA) is 83.2 Å². The molecule has 0 bridgehead atoms. The number of allylic oxidation sites excluding steroid dienone is 1. The first-order valence-electron chi connectivity index (χ1n) is 9.98. The van der Waals surface area contributed by atoms with Gasteiger partial charge in [-0.15, -0.1) is 6.58 Å². The normalized spacial score (nSPS) is 10.7. The van der Waals surface area contributed by atoms with Crippen LogP contribution in [0.1, 0.15) is 22.3 Å². The van der Waals surface area contributed by atoms with Crippen LogP contribution < -0.4 is 9.47 Å². The van der Waals surface area contributed by atoms with Crippen molar-refractivity contribution in [2.45, 2.75) is 19.6 Å². The molecule has 7 heteroatoms. The van der Waals surface area contributed by atoms with Crippen LogP contribution in [-0.4, -0.2) is 18.2 Å². The largest absolute Gasteiger partial charge is 0.493 e. The van der Waals surface area contributed by atoms with E-state index in [-0.39, 0.29) is 12.3 Å². The molecule has 3 aromatic rings. The summed E-state index contributed by atoms with van der Waals surface area (Å²) in [6, 6.07) is 19.9. The SMILES string of the molecule is C=CCc1cc(/C=N\OCc2cccc([N+](=O)[O-])c2)cc(OC)c1OCc1ccccc1. The van der Waals surface area contributed by atoms with Crippen LogP contribution in [0.15, 0.2) is 84.5 Å². The molecule has 0 amide bonds. The van der Waals surface area contributed by atoms with Gasteiger partial charge in [0.25, 0.3) is 5.69 Å². The first kappa shape index (κ1) is 22.6.